The van der Waals surface area contributed by atoms with Gasteiger partial charge in [-0.2, -0.15) is 0 Å². The third-order valence-corrected chi connectivity index (χ3v) is 3.88. The van der Waals surface area contributed by atoms with Crippen LogP contribution in [0.4, 0.5) is 0 Å². The summed E-state index contributed by atoms with van der Waals surface area (Å²) in [6, 6.07) is 20.5. The largest absolute Gasteiger partial charge is 0.461 e. The van der Waals surface area contributed by atoms with E-state index in [1.54, 1.807) is 0 Å². The lowest BCUT2D eigenvalue weighted by atomic mass is 9.86. The molecule has 2 atom stereocenters. The summed E-state index contributed by atoms with van der Waals surface area (Å²) in [5, 5.41) is 0. The minimum atomic E-state index is -0.0492. The molecule has 0 aromatic heterocycles. The van der Waals surface area contributed by atoms with Crippen molar-refractivity contribution in [2.24, 2.45) is 5.92 Å². The third-order valence-electron chi connectivity index (χ3n) is 3.88. The van der Waals surface area contributed by atoms with Gasteiger partial charge in [0.25, 0.3) is 0 Å². The van der Waals surface area contributed by atoms with Gasteiger partial charge in [-0.15, -0.1) is 0 Å². The summed E-state index contributed by atoms with van der Waals surface area (Å²) >= 11 is 0. The van der Waals surface area contributed by atoms with Gasteiger partial charge in [0, 0.05) is 0 Å². The molecule has 0 unspecified atom stereocenters. The molecule has 0 aliphatic carbocycles. The molecular formula is C18H18O2. The summed E-state index contributed by atoms with van der Waals surface area (Å²) in [5.41, 5.74) is 2.51. The van der Waals surface area contributed by atoms with E-state index < -0.39 is 0 Å². The lowest BCUT2D eigenvalue weighted by molar-refractivity contribution is -0.184. The molecule has 2 aromatic rings. The van der Waals surface area contributed by atoms with Crippen LogP contribution in [0.15, 0.2) is 60.7 Å². The highest BCUT2D eigenvalue weighted by Gasteiger charge is 2.41. The third kappa shape index (κ3) is 2.90. The molecule has 0 amide bonds. The summed E-state index contributed by atoms with van der Waals surface area (Å²) < 4.78 is 5.31. The van der Waals surface area contributed by atoms with Gasteiger partial charge in [-0.05, 0) is 30.4 Å². The number of carbonyl (C=O) groups is 1. The number of rotatable bonds is 5. The first-order valence-corrected chi connectivity index (χ1v) is 7.11. The van der Waals surface area contributed by atoms with Crippen LogP contribution in [0.25, 0.3) is 0 Å². The monoisotopic (exact) mass is 266 g/mol. The molecule has 0 saturated carbocycles. The zero-order valence-electron chi connectivity index (χ0n) is 11.4. The lowest BCUT2D eigenvalue weighted by Crippen LogP contribution is -2.46. The molecule has 1 heterocycles. The fourth-order valence-corrected chi connectivity index (χ4v) is 2.69. The van der Waals surface area contributed by atoms with Crippen LogP contribution < -0.4 is 0 Å². The molecule has 20 heavy (non-hydrogen) atoms. The van der Waals surface area contributed by atoms with Gasteiger partial charge >= 0.3 is 5.97 Å². The molecule has 0 spiro atoms. The maximum Gasteiger partial charge on any atom is 0.313 e. The Labute approximate surface area is 119 Å². The second-order valence-corrected chi connectivity index (χ2v) is 5.30. The molecule has 1 aliphatic heterocycles. The van der Waals surface area contributed by atoms with Gasteiger partial charge in [0.1, 0.15) is 6.10 Å². The number of hydrogen-bond acceptors (Lipinski definition) is 2. The normalized spacial score (nSPS) is 21.1. The minimum Gasteiger partial charge on any atom is -0.461 e. The van der Waals surface area contributed by atoms with Crippen molar-refractivity contribution >= 4 is 5.97 Å². The van der Waals surface area contributed by atoms with Crippen molar-refractivity contribution in [1.29, 1.82) is 0 Å². The maximum absolute atomic E-state index is 11.6. The second-order valence-electron chi connectivity index (χ2n) is 5.30. The topological polar surface area (TPSA) is 26.3 Å². The van der Waals surface area contributed by atoms with Gasteiger partial charge in [0.15, 0.2) is 0 Å². The Kier molecular flexibility index (Phi) is 3.82. The van der Waals surface area contributed by atoms with Crippen molar-refractivity contribution in [3.05, 3.63) is 71.8 Å². The van der Waals surface area contributed by atoms with Crippen molar-refractivity contribution in [2.75, 3.05) is 0 Å². The van der Waals surface area contributed by atoms with E-state index in [-0.39, 0.29) is 18.0 Å². The van der Waals surface area contributed by atoms with Gasteiger partial charge < -0.3 is 4.74 Å². The Morgan fingerprint density at radius 1 is 0.850 bits per heavy atom. The second kappa shape index (κ2) is 5.91. The van der Waals surface area contributed by atoms with Gasteiger partial charge in [-0.25, -0.2) is 0 Å². The highest BCUT2D eigenvalue weighted by Crippen LogP contribution is 2.29. The predicted molar refractivity (Wildman–Crippen MR) is 78.3 cm³/mol. The number of esters is 1. The molecule has 0 N–H and O–H groups in total. The van der Waals surface area contributed by atoms with E-state index in [9.17, 15) is 4.79 Å². The van der Waals surface area contributed by atoms with E-state index in [1.165, 1.54) is 11.1 Å². The van der Waals surface area contributed by atoms with Crippen molar-refractivity contribution in [1.82, 2.24) is 0 Å². The van der Waals surface area contributed by atoms with Crippen molar-refractivity contribution < 1.29 is 9.53 Å². The molecule has 2 aromatic carbocycles. The predicted octanol–water partition coefficient (Wildman–Crippen LogP) is 3.40. The SMILES string of the molecule is O=C1O[C@H](CCc2ccccc2)[C@@H]1Cc1ccccc1. The van der Waals surface area contributed by atoms with Crippen molar-refractivity contribution in [3.8, 4) is 0 Å². The number of cyclic esters (lactones) is 1. The minimum absolute atomic E-state index is 0.0288. The first kappa shape index (κ1) is 12.9. The molecule has 1 aliphatic rings. The Balaban J connectivity index is 1.56. The Hall–Kier alpha value is -2.09. The molecule has 1 saturated heterocycles. The molecule has 0 bridgehead atoms. The van der Waals surface area contributed by atoms with Crippen LogP contribution in [0.5, 0.6) is 0 Å². The van der Waals surface area contributed by atoms with Gasteiger partial charge in [0.2, 0.25) is 0 Å². The van der Waals surface area contributed by atoms with Gasteiger partial charge in [0.05, 0.1) is 5.92 Å². The summed E-state index contributed by atoms with van der Waals surface area (Å²) in [6.07, 6.45) is 2.74. The zero-order valence-corrected chi connectivity index (χ0v) is 11.4. The fraction of sp³-hybridized carbons (Fsp3) is 0.278. The summed E-state index contributed by atoms with van der Waals surface area (Å²) in [5.74, 6) is -0.0203. The molecule has 2 nitrogen and oxygen atoms in total. The smallest absolute Gasteiger partial charge is 0.313 e. The molecule has 3 rings (SSSR count). The average Bonchev–Trinajstić information content (AvgIpc) is 2.51. The van der Waals surface area contributed by atoms with E-state index in [4.69, 9.17) is 4.74 Å². The van der Waals surface area contributed by atoms with E-state index in [0.29, 0.717) is 0 Å². The van der Waals surface area contributed by atoms with Crippen LogP contribution in [-0.4, -0.2) is 12.1 Å². The van der Waals surface area contributed by atoms with Crippen LogP contribution in [0.2, 0.25) is 0 Å². The molecular weight excluding hydrogens is 248 g/mol. The van der Waals surface area contributed by atoms with Gasteiger partial charge in [-0.3, -0.25) is 4.79 Å². The van der Waals surface area contributed by atoms with E-state index in [2.05, 4.69) is 24.3 Å². The zero-order chi connectivity index (χ0) is 13.8. The number of benzene rings is 2. The fourth-order valence-electron chi connectivity index (χ4n) is 2.69. The van der Waals surface area contributed by atoms with E-state index in [1.807, 2.05) is 36.4 Å². The standard InChI is InChI=1S/C18H18O2/c19-18-16(13-15-9-5-2-6-10-15)17(20-18)12-11-14-7-3-1-4-8-14/h1-10,16-17H,11-13H2/t16-,17+/m0/s1. The maximum atomic E-state index is 11.6. The van der Waals surface area contributed by atoms with Crippen molar-refractivity contribution in [2.45, 2.75) is 25.4 Å². The lowest BCUT2D eigenvalue weighted by Gasteiger charge is -2.35. The Morgan fingerprint density at radius 2 is 1.45 bits per heavy atom. The average molecular weight is 266 g/mol. The first-order valence-electron chi connectivity index (χ1n) is 7.11. The number of hydrogen-bond donors (Lipinski definition) is 0. The van der Waals surface area contributed by atoms with E-state index >= 15 is 0 Å². The number of aryl methyl sites for hydroxylation is 1. The molecule has 1 fully saturated rings. The van der Waals surface area contributed by atoms with E-state index in [0.717, 1.165) is 19.3 Å². The number of ether oxygens (including phenoxy) is 1. The molecule has 0 radical (unpaired) electrons. The van der Waals surface area contributed by atoms with Crippen LogP contribution in [0, 0.1) is 5.92 Å². The van der Waals surface area contributed by atoms with Crippen LogP contribution >= 0.6 is 0 Å². The summed E-state index contributed by atoms with van der Waals surface area (Å²) in [4.78, 5) is 11.6. The highest BCUT2D eigenvalue weighted by molar-refractivity contribution is 5.78. The summed E-state index contributed by atoms with van der Waals surface area (Å²) in [6.45, 7) is 0. The Morgan fingerprint density at radius 3 is 2.05 bits per heavy atom. The highest BCUT2D eigenvalue weighted by atomic mass is 16.6. The Bertz CT molecular complexity index is 562. The first-order chi connectivity index (χ1) is 9.83. The van der Waals surface area contributed by atoms with Gasteiger partial charge in [-0.1, -0.05) is 60.7 Å². The quantitative estimate of drug-likeness (QED) is 0.775. The van der Waals surface area contributed by atoms with Crippen LogP contribution in [-0.2, 0) is 22.4 Å². The number of carbonyl (C=O) groups excluding carboxylic acids is 1. The van der Waals surface area contributed by atoms with Crippen LogP contribution in [0.3, 0.4) is 0 Å². The summed E-state index contributed by atoms with van der Waals surface area (Å²) in [7, 11) is 0. The van der Waals surface area contributed by atoms with Crippen LogP contribution in [0.1, 0.15) is 17.5 Å². The van der Waals surface area contributed by atoms with Crippen molar-refractivity contribution in [3.63, 3.8) is 0 Å². The molecule has 102 valence electrons. The molecule has 2 heteroatoms.